The lowest BCUT2D eigenvalue weighted by molar-refractivity contribution is 0.284. The number of rotatable bonds is 6. The van der Waals surface area contributed by atoms with Crippen molar-refractivity contribution >= 4 is 44.6 Å². The third-order valence-corrected chi connectivity index (χ3v) is 5.49. The summed E-state index contributed by atoms with van der Waals surface area (Å²) in [6.07, 6.45) is 1.52. The van der Waals surface area contributed by atoms with Gasteiger partial charge in [-0.15, -0.1) is 0 Å². The zero-order valence-electron chi connectivity index (χ0n) is 17.4. The predicted octanol–water partition coefficient (Wildman–Crippen LogP) is 5.59. The van der Waals surface area contributed by atoms with Crippen molar-refractivity contribution in [3.8, 4) is 11.5 Å². The van der Waals surface area contributed by atoms with E-state index in [0.29, 0.717) is 45.4 Å². The smallest absolute Gasteiger partial charge is 0.282 e. The average molecular weight is 513 g/mol. The largest absolute Gasteiger partial charge is 0.493 e. The molecule has 0 aliphatic rings. The molecule has 0 amide bonds. The van der Waals surface area contributed by atoms with Crippen LogP contribution >= 0.6 is 27.5 Å². The molecule has 162 valence electrons. The molecule has 3 aromatic carbocycles. The van der Waals surface area contributed by atoms with Crippen molar-refractivity contribution in [3.63, 3.8) is 0 Å². The molecule has 0 radical (unpaired) electrons. The van der Waals surface area contributed by atoms with E-state index in [1.807, 2.05) is 36.4 Å². The van der Waals surface area contributed by atoms with Gasteiger partial charge < -0.3 is 9.47 Å². The van der Waals surface area contributed by atoms with Gasteiger partial charge in [0.25, 0.3) is 5.56 Å². The molecule has 4 rings (SSSR count). The van der Waals surface area contributed by atoms with Gasteiger partial charge in [-0.05, 0) is 36.8 Å². The van der Waals surface area contributed by atoms with Crippen LogP contribution in [-0.4, -0.2) is 23.0 Å². The molecule has 0 saturated carbocycles. The molecule has 1 heterocycles. The first kappa shape index (κ1) is 22.0. The van der Waals surface area contributed by atoms with Gasteiger partial charge in [0.1, 0.15) is 12.4 Å². The summed E-state index contributed by atoms with van der Waals surface area (Å²) in [6.45, 7) is 2.07. The fraction of sp³-hybridized carbons (Fsp3) is 0.125. The number of fused-ring (bicyclic) bond motifs is 1. The molecule has 0 bridgehead atoms. The quantitative estimate of drug-likeness (QED) is 0.316. The molecule has 0 fully saturated rings. The van der Waals surface area contributed by atoms with Crippen LogP contribution in [0.5, 0.6) is 11.5 Å². The zero-order chi connectivity index (χ0) is 22.7. The number of ether oxygens (including phenoxy) is 2. The van der Waals surface area contributed by atoms with Crippen LogP contribution < -0.4 is 15.0 Å². The summed E-state index contributed by atoms with van der Waals surface area (Å²) in [6, 6.07) is 18.5. The monoisotopic (exact) mass is 511 g/mol. The van der Waals surface area contributed by atoms with E-state index in [-0.39, 0.29) is 5.56 Å². The van der Waals surface area contributed by atoms with Crippen molar-refractivity contribution in [1.29, 1.82) is 0 Å². The Kier molecular flexibility index (Phi) is 6.58. The fourth-order valence-corrected chi connectivity index (χ4v) is 3.81. The number of benzene rings is 3. The van der Waals surface area contributed by atoms with Crippen LogP contribution in [0.1, 0.15) is 17.0 Å². The normalized spacial score (nSPS) is 11.2. The SMILES string of the molecule is COc1cc(Cl)cc(C=Nn2c(C)nc3ccc(Br)cc3c2=O)c1OCc1ccccc1. The molecule has 0 N–H and O–H groups in total. The number of methoxy groups -OCH3 is 1. The third-order valence-electron chi connectivity index (χ3n) is 4.78. The van der Waals surface area contributed by atoms with Gasteiger partial charge in [0.2, 0.25) is 0 Å². The first-order valence-electron chi connectivity index (χ1n) is 9.74. The van der Waals surface area contributed by atoms with Crippen LogP contribution in [0, 0.1) is 6.92 Å². The number of hydrogen-bond acceptors (Lipinski definition) is 5. The van der Waals surface area contributed by atoms with Crippen molar-refractivity contribution < 1.29 is 9.47 Å². The van der Waals surface area contributed by atoms with Crippen molar-refractivity contribution in [3.05, 3.63) is 97.5 Å². The first-order chi connectivity index (χ1) is 15.5. The molecule has 0 unspecified atom stereocenters. The highest BCUT2D eigenvalue weighted by Crippen LogP contribution is 2.34. The van der Waals surface area contributed by atoms with Crippen LogP contribution in [0.3, 0.4) is 0 Å². The second-order valence-corrected chi connectivity index (χ2v) is 8.33. The second kappa shape index (κ2) is 9.54. The summed E-state index contributed by atoms with van der Waals surface area (Å²) in [7, 11) is 1.54. The van der Waals surface area contributed by atoms with E-state index in [9.17, 15) is 4.79 Å². The van der Waals surface area contributed by atoms with Gasteiger partial charge in [-0.3, -0.25) is 4.79 Å². The number of nitrogens with zero attached hydrogens (tertiary/aromatic N) is 3. The van der Waals surface area contributed by atoms with E-state index in [2.05, 4.69) is 26.0 Å². The Morgan fingerprint density at radius 3 is 2.69 bits per heavy atom. The number of aromatic nitrogens is 2. The highest BCUT2D eigenvalue weighted by atomic mass is 79.9. The lowest BCUT2D eigenvalue weighted by atomic mass is 10.2. The number of hydrogen-bond donors (Lipinski definition) is 0. The molecule has 4 aromatic rings. The van der Waals surface area contributed by atoms with Crippen LogP contribution in [0.2, 0.25) is 5.02 Å². The minimum atomic E-state index is -0.272. The Hall–Kier alpha value is -3.16. The summed E-state index contributed by atoms with van der Waals surface area (Å²) in [4.78, 5) is 17.5. The minimum absolute atomic E-state index is 0.272. The average Bonchev–Trinajstić information content (AvgIpc) is 2.79. The molecule has 1 aromatic heterocycles. The Balaban J connectivity index is 1.75. The van der Waals surface area contributed by atoms with E-state index < -0.39 is 0 Å². The van der Waals surface area contributed by atoms with Gasteiger partial charge >= 0.3 is 0 Å². The highest BCUT2D eigenvalue weighted by molar-refractivity contribution is 9.10. The Labute approximate surface area is 198 Å². The van der Waals surface area contributed by atoms with Gasteiger partial charge in [0, 0.05) is 21.1 Å². The predicted molar refractivity (Wildman–Crippen MR) is 130 cm³/mol. The van der Waals surface area contributed by atoms with Crippen molar-refractivity contribution in [2.75, 3.05) is 7.11 Å². The van der Waals surface area contributed by atoms with Gasteiger partial charge in [-0.2, -0.15) is 9.78 Å². The van der Waals surface area contributed by atoms with Crippen LogP contribution in [0.15, 0.2) is 75.0 Å². The molecule has 32 heavy (non-hydrogen) atoms. The molecular weight excluding hydrogens is 494 g/mol. The summed E-state index contributed by atoms with van der Waals surface area (Å²) < 4.78 is 13.6. The minimum Gasteiger partial charge on any atom is -0.493 e. The fourth-order valence-electron chi connectivity index (χ4n) is 3.24. The van der Waals surface area contributed by atoms with E-state index in [4.69, 9.17) is 21.1 Å². The second-order valence-electron chi connectivity index (χ2n) is 6.98. The molecular formula is C24H19BrClN3O3. The van der Waals surface area contributed by atoms with Crippen molar-refractivity contribution in [1.82, 2.24) is 9.66 Å². The first-order valence-corrected chi connectivity index (χ1v) is 10.9. The van der Waals surface area contributed by atoms with Crippen LogP contribution in [-0.2, 0) is 6.61 Å². The molecule has 0 atom stereocenters. The van der Waals surface area contributed by atoms with Crippen LogP contribution in [0.4, 0.5) is 0 Å². The topological polar surface area (TPSA) is 65.7 Å². The number of aryl methyl sites for hydroxylation is 1. The van der Waals surface area contributed by atoms with Crippen molar-refractivity contribution in [2.24, 2.45) is 5.10 Å². The standard InChI is InChI=1S/C24H19BrClN3O3/c1-15-28-21-9-8-18(25)11-20(21)24(30)29(15)27-13-17-10-19(26)12-22(31-2)23(17)32-14-16-6-4-3-5-7-16/h3-13H,14H2,1-2H3. The maximum absolute atomic E-state index is 13.0. The molecule has 8 heteroatoms. The molecule has 6 nitrogen and oxygen atoms in total. The zero-order valence-corrected chi connectivity index (χ0v) is 19.7. The van der Waals surface area contributed by atoms with Crippen LogP contribution in [0.25, 0.3) is 10.9 Å². The maximum atomic E-state index is 13.0. The van der Waals surface area contributed by atoms with Gasteiger partial charge in [-0.25, -0.2) is 4.98 Å². The maximum Gasteiger partial charge on any atom is 0.282 e. The summed E-state index contributed by atoms with van der Waals surface area (Å²) in [5.74, 6) is 1.41. The van der Waals surface area contributed by atoms with E-state index >= 15 is 0 Å². The highest BCUT2D eigenvalue weighted by Gasteiger charge is 2.13. The lowest BCUT2D eigenvalue weighted by Gasteiger charge is -2.14. The van der Waals surface area contributed by atoms with E-state index in [1.54, 1.807) is 38.3 Å². The van der Waals surface area contributed by atoms with E-state index in [1.165, 1.54) is 10.9 Å². The van der Waals surface area contributed by atoms with Crippen molar-refractivity contribution in [2.45, 2.75) is 13.5 Å². The summed E-state index contributed by atoms with van der Waals surface area (Å²) in [5, 5.41) is 5.32. The van der Waals surface area contributed by atoms with Gasteiger partial charge in [-0.1, -0.05) is 57.9 Å². The Morgan fingerprint density at radius 1 is 1.16 bits per heavy atom. The van der Waals surface area contributed by atoms with E-state index in [0.717, 1.165) is 10.0 Å². The number of halogens is 2. The Morgan fingerprint density at radius 2 is 1.94 bits per heavy atom. The third kappa shape index (κ3) is 4.69. The molecule has 0 saturated heterocycles. The lowest BCUT2D eigenvalue weighted by Crippen LogP contribution is -2.20. The summed E-state index contributed by atoms with van der Waals surface area (Å²) >= 11 is 9.67. The summed E-state index contributed by atoms with van der Waals surface area (Å²) in [5.41, 5.74) is 1.92. The molecule has 0 aliphatic carbocycles. The van der Waals surface area contributed by atoms with Gasteiger partial charge in [0.15, 0.2) is 11.5 Å². The molecule has 0 spiro atoms. The van der Waals surface area contributed by atoms with Gasteiger partial charge in [0.05, 0.1) is 24.2 Å². The molecule has 0 aliphatic heterocycles. The Bertz CT molecular complexity index is 1370.